The molecule has 0 fully saturated rings. The molecule has 0 aromatic heterocycles. The average molecular weight is 250 g/mol. The van der Waals surface area contributed by atoms with E-state index in [9.17, 15) is 0 Å². The Morgan fingerprint density at radius 1 is 1.17 bits per heavy atom. The van der Waals surface area contributed by atoms with Gasteiger partial charge >= 0.3 is 0 Å². The van der Waals surface area contributed by atoms with Crippen molar-refractivity contribution in [3.05, 3.63) is 29.8 Å². The zero-order valence-corrected chi connectivity index (χ0v) is 11.8. The molecule has 3 N–H and O–H groups in total. The molecule has 0 bridgehead atoms. The van der Waals surface area contributed by atoms with E-state index < -0.39 is 0 Å². The van der Waals surface area contributed by atoms with E-state index in [0.29, 0.717) is 5.92 Å². The lowest BCUT2D eigenvalue weighted by molar-refractivity contribution is 0.308. The van der Waals surface area contributed by atoms with Crippen LogP contribution in [0.3, 0.4) is 0 Å². The number of hydrogen-bond donors (Lipinski definition) is 2. The second-order valence-corrected chi connectivity index (χ2v) is 4.72. The second kappa shape index (κ2) is 8.11. The lowest BCUT2D eigenvalue weighted by Gasteiger charge is -2.27. The van der Waals surface area contributed by atoms with Crippen molar-refractivity contribution in [1.29, 1.82) is 0 Å². The third-order valence-corrected chi connectivity index (χ3v) is 3.44. The molecule has 0 radical (unpaired) electrons. The molecule has 0 spiro atoms. The van der Waals surface area contributed by atoms with Gasteiger partial charge in [-0.15, -0.1) is 0 Å². The van der Waals surface area contributed by atoms with Crippen LogP contribution >= 0.6 is 0 Å². The number of hydrazine groups is 1. The molecule has 0 heterocycles. The number of methoxy groups -OCH3 is 1. The van der Waals surface area contributed by atoms with Crippen molar-refractivity contribution in [1.82, 2.24) is 5.43 Å². The first-order chi connectivity index (χ1) is 8.78. The van der Waals surface area contributed by atoms with Gasteiger partial charge in [0.25, 0.3) is 0 Å². The maximum atomic E-state index is 5.78. The van der Waals surface area contributed by atoms with Crippen LogP contribution in [-0.2, 0) is 0 Å². The highest BCUT2D eigenvalue weighted by atomic mass is 16.5. The van der Waals surface area contributed by atoms with Crippen LogP contribution in [0.15, 0.2) is 24.3 Å². The van der Waals surface area contributed by atoms with Crippen LogP contribution < -0.4 is 16.0 Å². The lowest BCUT2D eigenvalue weighted by Crippen LogP contribution is -2.34. The maximum Gasteiger partial charge on any atom is 0.123 e. The van der Waals surface area contributed by atoms with Crippen molar-refractivity contribution in [2.45, 2.75) is 45.6 Å². The number of para-hydroxylation sites is 1. The summed E-state index contributed by atoms with van der Waals surface area (Å²) in [5, 5.41) is 0. The predicted octanol–water partition coefficient (Wildman–Crippen LogP) is 3.42. The standard InChI is InChI=1S/C15H26N2O/c1-4-8-12(9-5-2)15(17-16)13-10-6-7-11-14(13)18-3/h6-7,10-12,15,17H,4-5,8-9,16H2,1-3H3. The van der Waals surface area contributed by atoms with E-state index >= 15 is 0 Å². The molecule has 0 aliphatic carbocycles. The van der Waals surface area contributed by atoms with Gasteiger partial charge in [-0.3, -0.25) is 11.3 Å². The Hall–Kier alpha value is -1.06. The van der Waals surface area contributed by atoms with Crippen LogP contribution in [0.25, 0.3) is 0 Å². The Labute approximate surface area is 111 Å². The van der Waals surface area contributed by atoms with Crippen LogP contribution in [0.2, 0.25) is 0 Å². The van der Waals surface area contributed by atoms with Gasteiger partial charge in [-0.25, -0.2) is 0 Å². The summed E-state index contributed by atoms with van der Waals surface area (Å²) in [6.45, 7) is 4.44. The number of benzene rings is 1. The van der Waals surface area contributed by atoms with Gasteiger partial charge in [0.15, 0.2) is 0 Å². The minimum absolute atomic E-state index is 0.168. The average Bonchev–Trinajstić information content (AvgIpc) is 2.40. The maximum absolute atomic E-state index is 5.78. The molecule has 0 aliphatic rings. The van der Waals surface area contributed by atoms with E-state index in [1.54, 1.807) is 7.11 Å². The molecular formula is C15H26N2O. The molecule has 18 heavy (non-hydrogen) atoms. The van der Waals surface area contributed by atoms with Crippen LogP contribution in [0.1, 0.15) is 51.1 Å². The Morgan fingerprint density at radius 3 is 2.28 bits per heavy atom. The number of nitrogens with one attached hydrogen (secondary N) is 1. The van der Waals surface area contributed by atoms with Crippen molar-refractivity contribution < 1.29 is 4.74 Å². The predicted molar refractivity (Wildman–Crippen MR) is 76.4 cm³/mol. The third kappa shape index (κ3) is 3.72. The molecule has 102 valence electrons. The highest BCUT2D eigenvalue weighted by molar-refractivity contribution is 5.36. The molecule has 1 rings (SSSR count). The Bertz CT molecular complexity index is 335. The first-order valence-electron chi connectivity index (χ1n) is 6.87. The van der Waals surface area contributed by atoms with Gasteiger partial charge in [0.1, 0.15) is 5.75 Å². The molecule has 1 unspecified atom stereocenters. The van der Waals surface area contributed by atoms with Gasteiger partial charge in [-0.05, 0) is 24.8 Å². The number of rotatable bonds is 8. The van der Waals surface area contributed by atoms with Crippen molar-refractivity contribution in [2.24, 2.45) is 11.8 Å². The fourth-order valence-corrected chi connectivity index (χ4v) is 2.62. The van der Waals surface area contributed by atoms with Crippen LogP contribution in [0, 0.1) is 5.92 Å². The highest BCUT2D eigenvalue weighted by Gasteiger charge is 2.23. The Balaban J connectivity index is 2.98. The summed E-state index contributed by atoms with van der Waals surface area (Å²) in [6.07, 6.45) is 4.72. The first kappa shape index (κ1) is 15.0. The van der Waals surface area contributed by atoms with Gasteiger partial charge < -0.3 is 4.74 Å². The summed E-state index contributed by atoms with van der Waals surface area (Å²) < 4.78 is 5.44. The smallest absolute Gasteiger partial charge is 0.123 e. The summed E-state index contributed by atoms with van der Waals surface area (Å²) in [7, 11) is 1.71. The monoisotopic (exact) mass is 250 g/mol. The third-order valence-electron chi connectivity index (χ3n) is 3.44. The summed E-state index contributed by atoms with van der Waals surface area (Å²) in [5.41, 5.74) is 4.14. The molecule has 1 aromatic rings. The van der Waals surface area contributed by atoms with Crippen molar-refractivity contribution in [3.8, 4) is 5.75 Å². The Morgan fingerprint density at radius 2 is 1.78 bits per heavy atom. The lowest BCUT2D eigenvalue weighted by atomic mass is 9.86. The Kier molecular flexibility index (Phi) is 6.76. The fraction of sp³-hybridized carbons (Fsp3) is 0.600. The van der Waals surface area contributed by atoms with E-state index in [1.807, 2.05) is 18.2 Å². The molecule has 0 amide bonds. The summed E-state index contributed by atoms with van der Waals surface area (Å²) >= 11 is 0. The molecule has 0 saturated heterocycles. The van der Waals surface area contributed by atoms with Crippen LogP contribution in [0.4, 0.5) is 0 Å². The quantitative estimate of drug-likeness (QED) is 0.549. The normalized spacial score (nSPS) is 12.7. The molecule has 1 atom stereocenters. The van der Waals surface area contributed by atoms with E-state index in [0.717, 1.165) is 11.3 Å². The summed E-state index contributed by atoms with van der Waals surface area (Å²) in [6, 6.07) is 8.29. The topological polar surface area (TPSA) is 47.3 Å². The molecule has 0 saturated carbocycles. The first-order valence-corrected chi connectivity index (χ1v) is 6.87. The zero-order chi connectivity index (χ0) is 13.4. The SMILES string of the molecule is CCCC(CCC)C(NN)c1ccccc1OC. The van der Waals surface area contributed by atoms with Crippen molar-refractivity contribution >= 4 is 0 Å². The van der Waals surface area contributed by atoms with Crippen molar-refractivity contribution in [2.75, 3.05) is 7.11 Å². The van der Waals surface area contributed by atoms with Gasteiger partial charge in [0, 0.05) is 5.56 Å². The minimum atomic E-state index is 0.168. The van der Waals surface area contributed by atoms with E-state index in [-0.39, 0.29) is 6.04 Å². The molecule has 1 aromatic carbocycles. The second-order valence-electron chi connectivity index (χ2n) is 4.72. The number of nitrogens with two attached hydrogens (primary N) is 1. The van der Waals surface area contributed by atoms with Gasteiger partial charge in [-0.1, -0.05) is 44.9 Å². The van der Waals surface area contributed by atoms with E-state index in [1.165, 1.54) is 25.7 Å². The molecular weight excluding hydrogens is 224 g/mol. The van der Waals surface area contributed by atoms with Gasteiger partial charge in [-0.2, -0.15) is 0 Å². The molecule has 0 aliphatic heterocycles. The van der Waals surface area contributed by atoms with E-state index in [2.05, 4.69) is 25.3 Å². The van der Waals surface area contributed by atoms with E-state index in [4.69, 9.17) is 10.6 Å². The molecule has 3 nitrogen and oxygen atoms in total. The highest BCUT2D eigenvalue weighted by Crippen LogP contribution is 2.34. The largest absolute Gasteiger partial charge is 0.496 e. The minimum Gasteiger partial charge on any atom is -0.496 e. The van der Waals surface area contributed by atoms with Crippen LogP contribution in [0.5, 0.6) is 5.75 Å². The number of ether oxygens (including phenoxy) is 1. The van der Waals surface area contributed by atoms with Gasteiger partial charge in [0.2, 0.25) is 0 Å². The zero-order valence-electron chi connectivity index (χ0n) is 11.8. The fourth-order valence-electron chi connectivity index (χ4n) is 2.62. The van der Waals surface area contributed by atoms with Crippen LogP contribution in [-0.4, -0.2) is 7.11 Å². The molecule has 3 heteroatoms. The summed E-state index contributed by atoms with van der Waals surface area (Å²) in [4.78, 5) is 0. The number of hydrogen-bond acceptors (Lipinski definition) is 3. The van der Waals surface area contributed by atoms with Crippen molar-refractivity contribution in [3.63, 3.8) is 0 Å². The summed E-state index contributed by atoms with van der Waals surface area (Å²) in [5.74, 6) is 7.26. The van der Waals surface area contributed by atoms with Gasteiger partial charge in [0.05, 0.1) is 13.2 Å².